The van der Waals surface area contributed by atoms with E-state index in [1.165, 1.54) is 11.1 Å². The van der Waals surface area contributed by atoms with Crippen molar-refractivity contribution in [3.63, 3.8) is 0 Å². The molecule has 0 fully saturated rings. The first-order valence-electron chi connectivity index (χ1n) is 6.37. The minimum atomic E-state index is -2.27. The number of fused-ring (bicyclic) bond motifs is 1. The molecule has 0 saturated heterocycles. The molecule has 2 unspecified atom stereocenters. The normalized spacial score (nSPS) is 23.4. The van der Waals surface area contributed by atoms with Crippen LogP contribution in [0, 0.1) is 0 Å². The van der Waals surface area contributed by atoms with Gasteiger partial charge in [0.25, 0.3) is 6.43 Å². The average molecular weight is 254 g/mol. The Bertz CT molecular complexity index is 395. The third-order valence-electron chi connectivity index (χ3n) is 3.79. The number of alkyl halides is 2. The maximum absolute atomic E-state index is 12.5. The number of rotatable bonds is 4. The summed E-state index contributed by atoms with van der Waals surface area (Å²) in [5.74, 6) is 0. The zero-order valence-electron chi connectivity index (χ0n) is 10.9. The number of halogens is 2. The van der Waals surface area contributed by atoms with Crippen LogP contribution in [-0.4, -0.2) is 38.0 Å². The predicted octanol–water partition coefficient (Wildman–Crippen LogP) is 2.46. The Labute approximate surface area is 107 Å². The van der Waals surface area contributed by atoms with E-state index in [4.69, 9.17) is 0 Å². The van der Waals surface area contributed by atoms with E-state index < -0.39 is 6.43 Å². The second kappa shape index (κ2) is 5.76. The first-order chi connectivity index (χ1) is 8.63. The van der Waals surface area contributed by atoms with Crippen molar-refractivity contribution in [2.45, 2.75) is 31.4 Å². The van der Waals surface area contributed by atoms with Crippen LogP contribution in [0.25, 0.3) is 0 Å². The molecule has 1 aliphatic rings. The van der Waals surface area contributed by atoms with Crippen LogP contribution in [0.2, 0.25) is 0 Å². The maximum atomic E-state index is 12.5. The standard InChI is InChI=1S/C14H20F2N2/c1-17-14-11-6-4-3-5-10(11)7-8-12(14)18(2)9-13(15)16/h3-6,12-14,17H,7-9H2,1-2H3. The molecule has 18 heavy (non-hydrogen) atoms. The molecule has 0 saturated carbocycles. The van der Waals surface area contributed by atoms with Crippen LogP contribution >= 0.6 is 0 Å². The summed E-state index contributed by atoms with van der Waals surface area (Å²) in [6.45, 7) is -0.162. The molecule has 1 aliphatic carbocycles. The van der Waals surface area contributed by atoms with Crippen molar-refractivity contribution in [1.29, 1.82) is 0 Å². The maximum Gasteiger partial charge on any atom is 0.251 e. The van der Waals surface area contributed by atoms with Crippen molar-refractivity contribution in [3.8, 4) is 0 Å². The van der Waals surface area contributed by atoms with Crippen molar-refractivity contribution in [1.82, 2.24) is 10.2 Å². The molecule has 2 nitrogen and oxygen atoms in total. The van der Waals surface area contributed by atoms with Crippen molar-refractivity contribution in [2.75, 3.05) is 20.6 Å². The van der Waals surface area contributed by atoms with Gasteiger partial charge in [0, 0.05) is 12.1 Å². The Kier molecular flexibility index (Phi) is 4.30. The fourth-order valence-corrected chi connectivity index (χ4v) is 2.92. The first-order valence-corrected chi connectivity index (χ1v) is 6.37. The fraction of sp³-hybridized carbons (Fsp3) is 0.571. The topological polar surface area (TPSA) is 15.3 Å². The number of aryl methyl sites for hydroxylation is 1. The summed E-state index contributed by atoms with van der Waals surface area (Å²) in [7, 11) is 3.69. The van der Waals surface area contributed by atoms with Crippen LogP contribution in [0.15, 0.2) is 24.3 Å². The molecule has 0 heterocycles. The van der Waals surface area contributed by atoms with Crippen molar-refractivity contribution < 1.29 is 8.78 Å². The Morgan fingerprint density at radius 1 is 1.39 bits per heavy atom. The molecule has 0 aliphatic heterocycles. The highest BCUT2D eigenvalue weighted by molar-refractivity contribution is 5.33. The quantitative estimate of drug-likeness (QED) is 0.888. The summed E-state index contributed by atoms with van der Waals surface area (Å²) < 4.78 is 25.0. The van der Waals surface area contributed by atoms with Gasteiger partial charge < -0.3 is 5.32 Å². The van der Waals surface area contributed by atoms with E-state index in [0.717, 1.165) is 12.8 Å². The number of likely N-dealkylation sites (N-methyl/N-ethyl adjacent to an activating group) is 2. The van der Waals surface area contributed by atoms with Gasteiger partial charge in [-0.2, -0.15) is 0 Å². The van der Waals surface area contributed by atoms with E-state index in [2.05, 4.69) is 17.4 Å². The van der Waals surface area contributed by atoms with Gasteiger partial charge in [-0.05, 0) is 38.1 Å². The van der Waals surface area contributed by atoms with Crippen LogP contribution in [-0.2, 0) is 6.42 Å². The lowest BCUT2D eigenvalue weighted by atomic mass is 9.83. The monoisotopic (exact) mass is 254 g/mol. The smallest absolute Gasteiger partial charge is 0.251 e. The molecule has 1 aromatic rings. The highest BCUT2D eigenvalue weighted by atomic mass is 19.3. The molecule has 0 aromatic heterocycles. The molecule has 0 bridgehead atoms. The number of hydrogen-bond donors (Lipinski definition) is 1. The van der Waals surface area contributed by atoms with Crippen LogP contribution in [0.5, 0.6) is 0 Å². The van der Waals surface area contributed by atoms with Gasteiger partial charge in [0.15, 0.2) is 0 Å². The van der Waals surface area contributed by atoms with Gasteiger partial charge in [-0.15, -0.1) is 0 Å². The van der Waals surface area contributed by atoms with Crippen LogP contribution in [0.4, 0.5) is 8.78 Å². The van der Waals surface area contributed by atoms with Crippen LogP contribution in [0.3, 0.4) is 0 Å². The van der Waals surface area contributed by atoms with E-state index in [9.17, 15) is 8.78 Å². The molecule has 100 valence electrons. The summed E-state index contributed by atoms with van der Waals surface area (Å²) in [4.78, 5) is 1.78. The SMILES string of the molecule is CNC1c2ccccc2CCC1N(C)CC(F)F. The van der Waals surface area contributed by atoms with Crippen molar-refractivity contribution in [3.05, 3.63) is 35.4 Å². The molecular weight excluding hydrogens is 234 g/mol. The lowest BCUT2D eigenvalue weighted by Gasteiger charge is -2.39. The number of hydrogen-bond acceptors (Lipinski definition) is 2. The first kappa shape index (κ1) is 13.4. The van der Waals surface area contributed by atoms with Gasteiger partial charge in [-0.25, -0.2) is 8.78 Å². The van der Waals surface area contributed by atoms with Gasteiger partial charge in [-0.3, -0.25) is 4.90 Å². The molecule has 1 N–H and O–H groups in total. The van der Waals surface area contributed by atoms with Gasteiger partial charge in [0.05, 0.1) is 6.54 Å². The second-order valence-electron chi connectivity index (χ2n) is 4.90. The van der Waals surface area contributed by atoms with E-state index in [1.54, 1.807) is 11.9 Å². The Hall–Kier alpha value is -1.00. The highest BCUT2D eigenvalue weighted by Gasteiger charge is 2.31. The van der Waals surface area contributed by atoms with Gasteiger partial charge >= 0.3 is 0 Å². The number of nitrogens with one attached hydrogen (secondary N) is 1. The number of nitrogens with zero attached hydrogens (tertiary/aromatic N) is 1. The van der Waals surface area contributed by atoms with E-state index >= 15 is 0 Å². The summed E-state index contributed by atoms with van der Waals surface area (Å²) >= 11 is 0. The highest BCUT2D eigenvalue weighted by Crippen LogP contribution is 2.32. The largest absolute Gasteiger partial charge is 0.312 e. The Balaban J connectivity index is 2.20. The molecular formula is C14H20F2N2. The van der Waals surface area contributed by atoms with E-state index in [1.807, 2.05) is 19.2 Å². The fourth-order valence-electron chi connectivity index (χ4n) is 2.92. The van der Waals surface area contributed by atoms with E-state index in [0.29, 0.717) is 0 Å². The average Bonchev–Trinajstić information content (AvgIpc) is 2.36. The minimum absolute atomic E-state index is 0.138. The Morgan fingerprint density at radius 2 is 2.11 bits per heavy atom. The molecule has 2 atom stereocenters. The summed E-state index contributed by atoms with van der Waals surface area (Å²) in [6.07, 6.45) is -0.386. The summed E-state index contributed by atoms with van der Waals surface area (Å²) in [5, 5.41) is 3.28. The summed E-state index contributed by atoms with van der Waals surface area (Å²) in [5.41, 5.74) is 2.58. The van der Waals surface area contributed by atoms with Gasteiger partial charge in [0.2, 0.25) is 0 Å². The third-order valence-corrected chi connectivity index (χ3v) is 3.79. The third kappa shape index (κ3) is 2.70. The second-order valence-corrected chi connectivity index (χ2v) is 4.90. The molecule has 0 spiro atoms. The van der Waals surface area contributed by atoms with Crippen LogP contribution < -0.4 is 5.32 Å². The molecule has 0 amide bonds. The Morgan fingerprint density at radius 3 is 2.78 bits per heavy atom. The lowest BCUT2D eigenvalue weighted by Crippen LogP contribution is -2.46. The van der Waals surface area contributed by atoms with Crippen LogP contribution in [0.1, 0.15) is 23.6 Å². The summed E-state index contributed by atoms with van der Waals surface area (Å²) in [6, 6.07) is 8.55. The van der Waals surface area contributed by atoms with Crippen molar-refractivity contribution in [2.24, 2.45) is 0 Å². The van der Waals surface area contributed by atoms with Gasteiger partial charge in [0.1, 0.15) is 0 Å². The molecule has 1 aromatic carbocycles. The van der Waals surface area contributed by atoms with Crippen molar-refractivity contribution >= 4 is 0 Å². The minimum Gasteiger partial charge on any atom is -0.312 e. The zero-order chi connectivity index (χ0) is 13.1. The molecule has 4 heteroatoms. The van der Waals surface area contributed by atoms with Gasteiger partial charge in [-0.1, -0.05) is 24.3 Å². The zero-order valence-corrected chi connectivity index (χ0v) is 10.9. The molecule has 0 radical (unpaired) electrons. The molecule has 2 rings (SSSR count). The lowest BCUT2D eigenvalue weighted by molar-refractivity contribution is 0.0660. The van der Waals surface area contributed by atoms with E-state index in [-0.39, 0.29) is 18.6 Å². The predicted molar refractivity (Wildman–Crippen MR) is 69.0 cm³/mol. The number of benzene rings is 1.